The molecule has 1 unspecified atom stereocenters. The number of hydrogen-bond donors (Lipinski definition) is 3. The highest BCUT2D eigenvalue weighted by Gasteiger charge is 2.62. The number of sulfonamides is 1. The van der Waals surface area contributed by atoms with Crippen molar-refractivity contribution in [2.24, 2.45) is 11.8 Å². The van der Waals surface area contributed by atoms with E-state index in [1.807, 2.05) is 42.5 Å². The molecular formula is C39H45N7O8S. The van der Waals surface area contributed by atoms with E-state index >= 15 is 0 Å². The Morgan fingerprint density at radius 1 is 1.15 bits per heavy atom. The number of aromatic nitrogens is 3. The number of nitrogens with zero attached hydrogens (tertiary/aromatic N) is 4. The zero-order valence-corrected chi connectivity index (χ0v) is 31.6. The first-order valence-corrected chi connectivity index (χ1v) is 20.2. The van der Waals surface area contributed by atoms with Crippen molar-refractivity contribution in [2.45, 2.75) is 87.7 Å². The first kappa shape index (κ1) is 37.9. The molecule has 4 amide bonds. The summed E-state index contributed by atoms with van der Waals surface area (Å²) < 4.78 is 34.3. The average molecular weight is 772 g/mol. The molecule has 3 aromatic rings. The molecule has 3 fully saturated rings. The summed E-state index contributed by atoms with van der Waals surface area (Å²) in [6.07, 6.45) is 10.1. The second kappa shape index (κ2) is 15.0. The normalized spacial score (nSPS) is 26.4. The molecule has 4 bridgehead atoms. The highest BCUT2D eigenvalue weighted by atomic mass is 32.2. The third kappa shape index (κ3) is 7.64. The topological polar surface area (TPSA) is 199 Å². The van der Waals surface area contributed by atoms with Crippen LogP contribution >= 0.6 is 0 Å². The largest absolute Gasteiger partial charge is 0.450 e. The van der Waals surface area contributed by atoms with Crippen LogP contribution in [0.25, 0.3) is 22.0 Å². The summed E-state index contributed by atoms with van der Waals surface area (Å²) in [5, 5.41) is 10.3. The van der Waals surface area contributed by atoms with E-state index in [4.69, 9.17) is 4.74 Å². The van der Waals surface area contributed by atoms with Gasteiger partial charge in [0.25, 0.3) is 11.5 Å². The lowest BCUT2D eigenvalue weighted by Gasteiger charge is -2.31. The van der Waals surface area contributed by atoms with E-state index in [1.165, 1.54) is 15.7 Å². The van der Waals surface area contributed by atoms with Crippen LogP contribution in [0.2, 0.25) is 0 Å². The highest BCUT2D eigenvalue weighted by molar-refractivity contribution is 7.91. The van der Waals surface area contributed by atoms with Crippen molar-refractivity contribution >= 4 is 44.7 Å². The number of nitrogens with one attached hydrogen (secondary N) is 3. The number of benzene rings is 1. The lowest BCUT2D eigenvalue weighted by atomic mass is 9.99. The van der Waals surface area contributed by atoms with Gasteiger partial charge >= 0.3 is 6.09 Å². The van der Waals surface area contributed by atoms with Gasteiger partial charge < -0.3 is 20.3 Å². The number of hydrogen-bond acceptors (Lipinski definition) is 10. The molecule has 16 heteroatoms. The third-order valence-corrected chi connectivity index (χ3v) is 12.7. The van der Waals surface area contributed by atoms with E-state index in [0.717, 1.165) is 16.5 Å². The number of carbonyl (C=O) groups excluding carboxylic acids is 4. The molecule has 4 aliphatic rings. The van der Waals surface area contributed by atoms with Gasteiger partial charge in [-0.1, -0.05) is 50.3 Å². The standard InChI is InChI=1S/C39H45N7O8S/c1-4-26-20-39(26,37(50)44-55(52,53)28-14-15-28)43-34(47)32-19-27-22-45(32)36(49)33(23(2)3)42-38(51)54-17-8-6-5-7-11-29-30(21-41-46(27)35(29)48)25-13-12-24-10-9-16-40-31(24)18-25/h4-5,7,9-10,12-13,16,18,21,23,26-28,32-33H,1,6,8,11,14-15,17,19-20,22H2,2-3H3,(H,42,51)(H,43,47)(H,44,50)/b7-5+/t26-,27?,32+,33+,39-/m1/s1. The number of allylic oxidation sites excluding steroid dienone is 2. The van der Waals surface area contributed by atoms with Crippen LogP contribution in [0.15, 0.2) is 72.3 Å². The van der Waals surface area contributed by atoms with Gasteiger partial charge in [0, 0.05) is 41.6 Å². The quantitative estimate of drug-likeness (QED) is 0.286. The van der Waals surface area contributed by atoms with Gasteiger partial charge in [-0.3, -0.25) is 28.9 Å². The van der Waals surface area contributed by atoms with E-state index in [-0.39, 0.29) is 32.4 Å². The van der Waals surface area contributed by atoms with E-state index in [2.05, 4.69) is 32.0 Å². The van der Waals surface area contributed by atoms with Crippen molar-refractivity contribution in [1.29, 1.82) is 0 Å². The summed E-state index contributed by atoms with van der Waals surface area (Å²) in [4.78, 5) is 75.4. The summed E-state index contributed by atoms with van der Waals surface area (Å²) >= 11 is 0. The maximum atomic E-state index is 14.5. The van der Waals surface area contributed by atoms with E-state index in [1.54, 1.807) is 26.2 Å². The number of pyridine rings is 1. The Labute approximate surface area is 318 Å². The van der Waals surface area contributed by atoms with Gasteiger partial charge in [-0.25, -0.2) is 17.9 Å². The zero-order valence-electron chi connectivity index (χ0n) is 30.8. The summed E-state index contributed by atoms with van der Waals surface area (Å²) in [5.74, 6) is -3.14. The highest BCUT2D eigenvalue weighted by Crippen LogP contribution is 2.45. The molecule has 4 heterocycles. The maximum Gasteiger partial charge on any atom is 0.407 e. The minimum Gasteiger partial charge on any atom is -0.450 e. The average Bonchev–Trinajstić information content (AvgIpc) is 4.09. The molecule has 5 atom stereocenters. The summed E-state index contributed by atoms with van der Waals surface area (Å²) in [7, 11) is -3.92. The number of alkyl carbamates (subject to hydrolysis) is 1. The maximum absolute atomic E-state index is 14.5. The molecule has 1 saturated heterocycles. The fourth-order valence-electron chi connectivity index (χ4n) is 7.49. The van der Waals surface area contributed by atoms with Gasteiger partial charge in [0.1, 0.15) is 17.6 Å². The van der Waals surface area contributed by atoms with E-state index in [9.17, 15) is 32.4 Å². The molecule has 2 aliphatic heterocycles. The van der Waals surface area contributed by atoms with Gasteiger partial charge in [0.15, 0.2) is 0 Å². The second-order valence-corrected chi connectivity index (χ2v) is 17.1. The van der Waals surface area contributed by atoms with Crippen LogP contribution in [0, 0.1) is 11.8 Å². The van der Waals surface area contributed by atoms with Crippen LogP contribution in [0.1, 0.15) is 64.0 Å². The van der Waals surface area contributed by atoms with E-state index in [0.29, 0.717) is 36.8 Å². The molecule has 7 rings (SSSR count). The third-order valence-electron chi connectivity index (χ3n) is 10.9. The molecule has 3 N–H and O–H groups in total. The summed E-state index contributed by atoms with van der Waals surface area (Å²) in [5.41, 5.74) is 0.606. The first-order chi connectivity index (χ1) is 26.3. The lowest BCUT2D eigenvalue weighted by Crippen LogP contribution is -2.59. The van der Waals surface area contributed by atoms with Gasteiger partial charge in [-0.15, -0.1) is 6.58 Å². The minimum atomic E-state index is -3.92. The second-order valence-electron chi connectivity index (χ2n) is 15.1. The summed E-state index contributed by atoms with van der Waals surface area (Å²) in [6.45, 7) is 7.24. The molecule has 15 nitrogen and oxygen atoms in total. The number of cyclic esters (lactones) is 1. The Morgan fingerprint density at radius 2 is 1.95 bits per heavy atom. The molecule has 2 aromatic heterocycles. The van der Waals surface area contributed by atoms with Gasteiger partial charge in [-0.2, -0.15) is 5.10 Å². The van der Waals surface area contributed by atoms with Crippen molar-refractivity contribution < 1.29 is 32.3 Å². The monoisotopic (exact) mass is 771 g/mol. The number of carbonyl (C=O) groups is 4. The van der Waals surface area contributed by atoms with Gasteiger partial charge in [0.05, 0.1) is 29.6 Å². The Kier molecular flexibility index (Phi) is 10.4. The molecule has 0 radical (unpaired) electrons. The van der Waals surface area contributed by atoms with Crippen LogP contribution < -0.4 is 20.9 Å². The Bertz CT molecular complexity index is 2250. The fraction of sp³-hybridized carbons (Fsp3) is 0.462. The number of ether oxygens (including phenoxy) is 1. The molecule has 2 saturated carbocycles. The SMILES string of the molecule is C=C[C@@H]1C[C@]1(NC(=O)[C@@H]1CC2CN1C(=O)[C@H](C(C)C)NC(=O)OCCC/C=C/Cc1c(-c3ccc4cccnc4c3)cnn2c1=O)C(=O)NS(=O)(=O)C1CC1. The van der Waals surface area contributed by atoms with Crippen LogP contribution in [0.4, 0.5) is 4.79 Å². The predicted molar refractivity (Wildman–Crippen MR) is 203 cm³/mol. The van der Waals surface area contributed by atoms with Crippen LogP contribution in [-0.2, 0) is 35.6 Å². The van der Waals surface area contributed by atoms with Crippen molar-refractivity contribution in [2.75, 3.05) is 13.2 Å². The predicted octanol–water partition coefficient (Wildman–Crippen LogP) is 2.91. The molecule has 290 valence electrons. The minimum absolute atomic E-state index is 0.0505. The molecular weight excluding hydrogens is 727 g/mol. The van der Waals surface area contributed by atoms with Gasteiger partial charge in [-0.05, 0) is 62.1 Å². The molecule has 55 heavy (non-hydrogen) atoms. The van der Waals surface area contributed by atoms with Crippen molar-refractivity contribution in [3.8, 4) is 11.1 Å². The smallest absolute Gasteiger partial charge is 0.407 e. The number of rotatable bonds is 8. The lowest BCUT2D eigenvalue weighted by molar-refractivity contribution is -0.141. The Morgan fingerprint density at radius 3 is 2.67 bits per heavy atom. The molecule has 0 spiro atoms. The summed E-state index contributed by atoms with van der Waals surface area (Å²) in [6, 6.07) is 6.46. The van der Waals surface area contributed by atoms with Crippen LogP contribution in [-0.4, -0.2) is 87.9 Å². The number of fused-ring (bicyclic) bond motifs is 6. The first-order valence-electron chi connectivity index (χ1n) is 18.7. The van der Waals surface area contributed by atoms with E-state index < -0.39 is 80.1 Å². The Hall–Kier alpha value is -5.38. The number of amides is 4. The molecule has 1 aromatic carbocycles. The zero-order chi connectivity index (χ0) is 39.1. The van der Waals surface area contributed by atoms with Crippen molar-refractivity contribution in [3.05, 3.63) is 83.4 Å². The van der Waals surface area contributed by atoms with Crippen LogP contribution in [0.3, 0.4) is 0 Å². The van der Waals surface area contributed by atoms with Crippen molar-refractivity contribution in [3.63, 3.8) is 0 Å². The van der Waals surface area contributed by atoms with Crippen LogP contribution in [0.5, 0.6) is 0 Å². The van der Waals surface area contributed by atoms with Gasteiger partial charge in [0.2, 0.25) is 21.8 Å². The van der Waals surface area contributed by atoms with Crippen molar-refractivity contribution in [1.82, 2.24) is 35.0 Å². The fourth-order valence-corrected chi connectivity index (χ4v) is 8.86. The Balaban J connectivity index is 1.26. The molecule has 2 aliphatic carbocycles.